The van der Waals surface area contributed by atoms with Crippen molar-refractivity contribution < 1.29 is 9.84 Å². The van der Waals surface area contributed by atoms with Gasteiger partial charge < -0.3 is 20.5 Å². The Labute approximate surface area is 108 Å². The molecule has 0 aliphatic carbocycles. The summed E-state index contributed by atoms with van der Waals surface area (Å²) >= 11 is 0. The summed E-state index contributed by atoms with van der Waals surface area (Å²) in [4.78, 5) is 10.5. The first-order valence-electron chi connectivity index (χ1n) is 6.28. The molecule has 0 saturated carbocycles. The minimum atomic E-state index is 0.0880. The lowest BCUT2D eigenvalue weighted by molar-refractivity contribution is 0.128. The van der Waals surface area contributed by atoms with Gasteiger partial charge in [-0.25, -0.2) is 9.97 Å². The average molecular weight is 254 g/mol. The van der Waals surface area contributed by atoms with Gasteiger partial charge in [0.25, 0.3) is 0 Å². The molecule has 1 rings (SSSR count). The molecule has 1 aromatic rings. The summed E-state index contributed by atoms with van der Waals surface area (Å²) in [5.41, 5.74) is 5.77. The van der Waals surface area contributed by atoms with Gasteiger partial charge in [-0.2, -0.15) is 0 Å². The number of ether oxygens (including phenoxy) is 1. The Hall–Kier alpha value is -1.40. The van der Waals surface area contributed by atoms with E-state index in [9.17, 15) is 0 Å². The maximum Gasteiger partial charge on any atom is 0.158 e. The molecule has 0 aromatic carbocycles. The van der Waals surface area contributed by atoms with Crippen LogP contribution in [0.2, 0.25) is 0 Å². The first-order valence-corrected chi connectivity index (χ1v) is 6.28. The van der Waals surface area contributed by atoms with Crippen molar-refractivity contribution in [2.45, 2.75) is 26.9 Å². The van der Waals surface area contributed by atoms with E-state index in [1.54, 1.807) is 6.07 Å². The number of nitrogen functional groups attached to an aromatic ring is 1. The second-order valence-electron chi connectivity index (χ2n) is 3.92. The number of hydrogen-bond acceptors (Lipinski definition) is 6. The molecule has 0 spiro atoms. The van der Waals surface area contributed by atoms with E-state index in [1.165, 1.54) is 0 Å². The first kappa shape index (κ1) is 14.7. The van der Waals surface area contributed by atoms with E-state index >= 15 is 0 Å². The third-order valence-corrected chi connectivity index (χ3v) is 2.40. The Morgan fingerprint density at radius 2 is 2.11 bits per heavy atom. The van der Waals surface area contributed by atoms with Gasteiger partial charge in [0.15, 0.2) is 5.82 Å². The van der Waals surface area contributed by atoms with Crippen molar-refractivity contribution in [2.75, 3.05) is 36.9 Å². The number of nitrogens with two attached hydrogens (primary N) is 1. The van der Waals surface area contributed by atoms with Crippen LogP contribution in [0, 0.1) is 0 Å². The van der Waals surface area contributed by atoms with Crippen LogP contribution in [-0.4, -0.2) is 41.4 Å². The minimum Gasteiger partial charge on any atom is -0.395 e. The Morgan fingerprint density at radius 3 is 2.72 bits per heavy atom. The topological polar surface area (TPSA) is 84.5 Å². The predicted octanol–water partition coefficient (Wildman–Crippen LogP) is 0.804. The van der Waals surface area contributed by atoms with Crippen molar-refractivity contribution in [1.82, 2.24) is 9.97 Å². The van der Waals surface area contributed by atoms with Crippen LogP contribution in [-0.2, 0) is 11.3 Å². The SMILES string of the molecule is CCCN(CCO)c1cc(N)nc(COCC)n1. The maximum absolute atomic E-state index is 9.06. The Bertz CT molecular complexity index is 354. The standard InChI is InChI=1S/C12H22N4O2/c1-3-5-16(6-7-17)12-8-10(13)14-11(15-12)9-18-4-2/h8,17H,3-7,9H2,1-2H3,(H2,13,14,15). The van der Waals surface area contributed by atoms with Gasteiger partial charge in [-0.05, 0) is 13.3 Å². The summed E-state index contributed by atoms with van der Waals surface area (Å²) in [5, 5.41) is 9.06. The summed E-state index contributed by atoms with van der Waals surface area (Å²) < 4.78 is 5.28. The van der Waals surface area contributed by atoms with Crippen molar-refractivity contribution in [3.8, 4) is 0 Å². The molecule has 6 nitrogen and oxygen atoms in total. The number of nitrogens with zero attached hydrogens (tertiary/aromatic N) is 3. The van der Waals surface area contributed by atoms with Crippen molar-refractivity contribution in [1.29, 1.82) is 0 Å². The Morgan fingerprint density at radius 1 is 1.33 bits per heavy atom. The van der Waals surface area contributed by atoms with E-state index in [4.69, 9.17) is 15.6 Å². The molecule has 0 bridgehead atoms. The highest BCUT2D eigenvalue weighted by molar-refractivity contribution is 5.46. The lowest BCUT2D eigenvalue weighted by Crippen LogP contribution is -2.29. The zero-order valence-corrected chi connectivity index (χ0v) is 11.1. The lowest BCUT2D eigenvalue weighted by atomic mass is 10.3. The van der Waals surface area contributed by atoms with Crippen LogP contribution in [0.15, 0.2) is 6.07 Å². The highest BCUT2D eigenvalue weighted by Gasteiger charge is 2.09. The Kier molecular flexibility index (Phi) is 6.38. The van der Waals surface area contributed by atoms with Crippen LogP contribution in [0.3, 0.4) is 0 Å². The zero-order chi connectivity index (χ0) is 13.4. The maximum atomic E-state index is 9.06. The number of aromatic nitrogens is 2. The molecule has 0 fully saturated rings. The highest BCUT2D eigenvalue weighted by Crippen LogP contribution is 2.14. The molecule has 1 heterocycles. The van der Waals surface area contributed by atoms with Crippen molar-refractivity contribution in [3.05, 3.63) is 11.9 Å². The fraction of sp³-hybridized carbons (Fsp3) is 0.667. The third kappa shape index (κ3) is 4.46. The lowest BCUT2D eigenvalue weighted by Gasteiger charge is -2.22. The molecular weight excluding hydrogens is 232 g/mol. The van der Waals surface area contributed by atoms with Crippen molar-refractivity contribution in [3.63, 3.8) is 0 Å². The highest BCUT2D eigenvalue weighted by atomic mass is 16.5. The van der Waals surface area contributed by atoms with Gasteiger partial charge in [0.1, 0.15) is 18.2 Å². The number of rotatable bonds is 8. The first-order chi connectivity index (χ1) is 8.71. The molecule has 0 saturated heterocycles. The van der Waals surface area contributed by atoms with Crippen LogP contribution in [0.4, 0.5) is 11.6 Å². The molecule has 6 heteroatoms. The molecule has 18 heavy (non-hydrogen) atoms. The van der Waals surface area contributed by atoms with Crippen molar-refractivity contribution in [2.24, 2.45) is 0 Å². The van der Waals surface area contributed by atoms with Gasteiger partial charge in [0.2, 0.25) is 0 Å². The summed E-state index contributed by atoms with van der Waals surface area (Å²) in [7, 11) is 0. The fourth-order valence-electron chi connectivity index (χ4n) is 1.65. The summed E-state index contributed by atoms with van der Waals surface area (Å²) in [5.74, 6) is 1.74. The Balaban J connectivity index is 2.87. The van der Waals surface area contributed by atoms with E-state index in [2.05, 4.69) is 16.9 Å². The monoisotopic (exact) mass is 254 g/mol. The average Bonchev–Trinajstić information content (AvgIpc) is 2.35. The van der Waals surface area contributed by atoms with E-state index in [1.807, 2.05) is 11.8 Å². The second kappa shape index (κ2) is 7.84. The normalized spacial score (nSPS) is 10.6. The molecule has 102 valence electrons. The van der Waals surface area contributed by atoms with Crippen LogP contribution in [0.25, 0.3) is 0 Å². The van der Waals surface area contributed by atoms with E-state index in [0.717, 1.165) is 18.8 Å². The van der Waals surface area contributed by atoms with Gasteiger partial charge in [0, 0.05) is 25.8 Å². The van der Waals surface area contributed by atoms with Crippen molar-refractivity contribution >= 4 is 11.6 Å². The zero-order valence-electron chi connectivity index (χ0n) is 11.1. The third-order valence-electron chi connectivity index (χ3n) is 2.40. The van der Waals surface area contributed by atoms with Crippen LogP contribution >= 0.6 is 0 Å². The summed E-state index contributed by atoms with van der Waals surface area (Å²) in [6.07, 6.45) is 0.977. The minimum absolute atomic E-state index is 0.0880. The number of aliphatic hydroxyl groups excluding tert-OH is 1. The van der Waals surface area contributed by atoms with E-state index < -0.39 is 0 Å². The van der Waals surface area contributed by atoms with Crippen LogP contribution in [0.5, 0.6) is 0 Å². The number of hydrogen-bond donors (Lipinski definition) is 2. The summed E-state index contributed by atoms with van der Waals surface area (Å²) in [6, 6.07) is 1.72. The predicted molar refractivity (Wildman–Crippen MR) is 71.4 cm³/mol. The molecular formula is C12H22N4O2. The molecule has 0 atom stereocenters. The van der Waals surface area contributed by atoms with Crippen LogP contribution in [0.1, 0.15) is 26.1 Å². The van der Waals surface area contributed by atoms with Gasteiger partial charge in [-0.3, -0.25) is 0 Å². The smallest absolute Gasteiger partial charge is 0.158 e. The molecule has 0 radical (unpaired) electrons. The fourth-order valence-corrected chi connectivity index (χ4v) is 1.65. The summed E-state index contributed by atoms with van der Waals surface area (Å²) in [6.45, 7) is 6.42. The molecule has 0 aliphatic heterocycles. The van der Waals surface area contributed by atoms with Gasteiger partial charge >= 0.3 is 0 Å². The quantitative estimate of drug-likeness (QED) is 0.714. The van der Waals surface area contributed by atoms with Crippen LogP contribution < -0.4 is 10.6 Å². The number of aliphatic hydroxyl groups is 1. The van der Waals surface area contributed by atoms with E-state index in [-0.39, 0.29) is 6.61 Å². The largest absolute Gasteiger partial charge is 0.395 e. The molecule has 0 unspecified atom stereocenters. The molecule has 0 aliphatic rings. The molecule has 3 N–H and O–H groups in total. The second-order valence-corrected chi connectivity index (χ2v) is 3.92. The molecule has 1 aromatic heterocycles. The number of anilines is 2. The van der Waals surface area contributed by atoms with E-state index in [0.29, 0.717) is 31.4 Å². The van der Waals surface area contributed by atoms with Gasteiger partial charge in [-0.15, -0.1) is 0 Å². The molecule has 0 amide bonds. The van der Waals surface area contributed by atoms with Gasteiger partial charge in [0.05, 0.1) is 6.61 Å². The van der Waals surface area contributed by atoms with Gasteiger partial charge in [-0.1, -0.05) is 6.92 Å².